The summed E-state index contributed by atoms with van der Waals surface area (Å²) < 4.78 is 5.10. The van der Waals surface area contributed by atoms with Crippen LogP contribution in [0.1, 0.15) is 18.4 Å². The van der Waals surface area contributed by atoms with Gasteiger partial charge in [0, 0.05) is 5.56 Å². The molecule has 0 spiro atoms. The minimum absolute atomic E-state index is 0.358. The van der Waals surface area contributed by atoms with Gasteiger partial charge in [0.25, 0.3) is 0 Å². The average molecular weight is 212 g/mol. The minimum Gasteiger partial charge on any atom is -0.481 e. The lowest BCUT2D eigenvalue weighted by Gasteiger charge is -2.11. The molecule has 4 heteroatoms. The van der Waals surface area contributed by atoms with Crippen molar-refractivity contribution in [2.24, 2.45) is 0 Å². The third kappa shape index (κ3) is 1.38. The topological polar surface area (TPSA) is 39.2 Å². The van der Waals surface area contributed by atoms with Crippen LogP contribution in [0.2, 0.25) is 5.15 Å². The van der Waals surface area contributed by atoms with Gasteiger partial charge in [-0.25, -0.2) is 4.98 Å². The van der Waals surface area contributed by atoms with Gasteiger partial charge in [0.1, 0.15) is 11.4 Å². The van der Waals surface area contributed by atoms with Gasteiger partial charge in [0.15, 0.2) is 0 Å². The Labute approximate surface area is 87.0 Å². The lowest BCUT2D eigenvalue weighted by molar-refractivity contribution is -0.109. The average Bonchev–Trinajstić information content (AvgIpc) is 2.98. The van der Waals surface area contributed by atoms with Crippen molar-refractivity contribution >= 4 is 17.9 Å². The van der Waals surface area contributed by atoms with Gasteiger partial charge >= 0.3 is 0 Å². The largest absolute Gasteiger partial charge is 0.481 e. The van der Waals surface area contributed by atoms with Gasteiger partial charge in [-0.1, -0.05) is 11.6 Å². The zero-order valence-electron chi connectivity index (χ0n) is 7.79. The first kappa shape index (κ1) is 9.46. The molecule has 0 aromatic carbocycles. The number of aromatic nitrogens is 1. The number of ether oxygens (including phenoxy) is 1. The highest BCUT2D eigenvalue weighted by atomic mass is 35.5. The van der Waals surface area contributed by atoms with Crippen LogP contribution in [0.5, 0.6) is 5.88 Å². The lowest BCUT2D eigenvalue weighted by Crippen LogP contribution is -2.10. The molecule has 2 rings (SSSR count). The second-order valence-electron chi connectivity index (χ2n) is 3.46. The van der Waals surface area contributed by atoms with E-state index in [1.807, 2.05) is 6.07 Å². The third-order valence-corrected chi connectivity index (χ3v) is 2.78. The van der Waals surface area contributed by atoms with Crippen LogP contribution >= 0.6 is 11.6 Å². The van der Waals surface area contributed by atoms with Crippen LogP contribution in [0.25, 0.3) is 0 Å². The van der Waals surface area contributed by atoms with E-state index in [-0.39, 0.29) is 5.41 Å². The van der Waals surface area contributed by atoms with Gasteiger partial charge in [0.05, 0.1) is 12.5 Å². The summed E-state index contributed by atoms with van der Waals surface area (Å²) in [5, 5.41) is 0.382. The molecule has 3 nitrogen and oxygen atoms in total. The van der Waals surface area contributed by atoms with Gasteiger partial charge in [0.2, 0.25) is 5.88 Å². The number of rotatable bonds is 3. The first-order valence-corrected chi connectivity index (χ1v) is 4.77. The zero-order valence-corrected chi connectivity index (χ0v) is 8.54. The predicted octanol–water partition coefficient (Wildman–Crippen LogP) is 1.97. The molecule has 1 aromatic rings. The van der Waals surface area contributed by atoms with Crippen LogP contribution < -0.4 is 4.74 Å². The molecule has 0 atom stereocenters. The molecule has 1 saturated carbocycles. The molecule has 0 N–H and O–H groups in total. The van der Waals surface area contributed by atoms with Gasteiger partial charge in [-0.05, 0) is 25.0 Å². The van der Waals surface area contributed by atoms with Crippen molar-refractivity contribution in [3.63, 3.8) is 0 Å². The molecule has 0 aliphatic heterocycles. The SMILES string of the molecule is COc1nc(Cl)ccc1C1(C=O)CC1. The summed E-state index contributed by atoms with van der Waals surface area (Å²) in [7, 11) is 1.53. The summed E-state index contributed by atoms with van der Waals surface area (Å²) >= 11 is 5.73. The summed E-state index contributed by atoms with van der Waals surface area (Å²) in [6.07, 6.45) is 2.72. The Morgan fingerprint density at radius 3 is 2.79 bits per heavy atom. The summed E-state index contributed by atoms with van der Waals surface area (Å²) in [5.74, 6) is 0.460. The Bertz CT molecular complexity index is 374. The smallest absolute Gasteiger partial charge is 0.218 e. The number of carbonyl (C=O) groups excluding carboxylic acids is 1. The molecule has 14 heavy (non-hydrogen) atoms. The molecule has 0 amide bonds. The van der Waals surface area contributed by atoms with E-state index in [1.165, 1.54) is 7.11 Å². The molecule has 0 radical (unpaired) electrons. The summed E-state index contributed by atoms with van der Waals surface area (Å²) in [6.45, 7) is 0. The van der Waals surface area contributed by atoms with E-state index < -0.39 is 0 Å². The maximum atomic E-state index is 10.9. The Hall–Kier alpha value is -1.09. The van der Waals surface area contributed by atoms with Crippen molar-refractivity contribution in [3.05, 3.63) is 22.8 Å². The van der Waals surface area contributed by atoms with E-state index in [0.29, 0.717) is 11.0 Å². The molecule has 0 unspecified atom stereocenters. The molecule has 1 aromatic heterocycles. The fourth-order valence-corrected chi connectivity index (χ4v) is 1.68. The Morgan fingerprint density at radius 2 is 2.29 bits per heavy atom. The monoisotopic (exact) mass is 211 g/mol. The first-order valence-electron chi connectivity index (χ1n) is 4.39. The van der Waals surface area contributed by atoms with E-state index >= 15 is 0 Å². The first-order chi connectivity index (χ1) is 6.72. The Balaban J connectivity index is 2.47. The van der Waals surface area contributed by atoms with Crippen LogP contribution in [0.3, 0.4) is 0 Å². The van der Waals surface area contributed by atoms with Crippen LogP contribution in [-0.4, -0.2) is 18.4 Å². The number of pyridine rings is 1. The molecule has 0 bridgehead atoms. The standard InChI is InChI=1S/C10H10ClNO2/c1-14-9-7(2-3-8(11)12-9)10(6-13)4-5-10/h2-3,6H,4-5H2,1H3. The zero-order chi connectivity index (χ0) is 10.2. The molecule has 1 heterocycles. The number of carbonyl (C=O) groups is 1. The van der Waals surface area contributed by atoms with Crippen LogP contribution in [0, 0.1) is 0 Å². The fourth-order valence-electron chi connectivity index (χ4n) is 1.54. The molecule has 1 aliphatic rings. The van der Waals surface area contributed by atoms with Crippen LogP contribution in [-0.2, 0) is 10.2 Å². The summed E-state index contributed by atoms with van der Waals surface area (Å²) in [4.78, 5) is 15.0. The Morgan fingerprint density at radius 1 is 1.57 bits per heavy atom. The number of halogens is 1. The quantitative estimate of drug-likeness (QED) is 0.567. The van der Waals surface area contributed by atoms with Crippen molar-refractivity contribution in [2.75, 3.05) is 7.11 Å². The summed E-state index contributed by atoms with van der Waals surface area (Å²) in [5.41, 5.74) is 0.488. The van der Waals surface area contributed by atoms with Crippen LogP contribution in [0.4, 0.5) is 0 Å². The highest BCUT2D eigenvalue weighted by Crippen LogP contribution is 2.49. The molecule has 1 aliphatic carbocycles. The molecule has 1 fully saturated rings. The van der Waals surface area contributed by atoms with Crippen molar-refractivity contribution < 1.29 is 9.53 Å². The Kier molecular flexibility index (Phi) is 2.19. The van der Waals surface area contributed by atoms with E-state index in [2.05, 4.69) is 4.98 Å². The molecular weight excluding hydrogens is 202 g/mol. The number of hydrogen-bond acceptors (Lipinski definition) is 3. The number of methoxy groups -OCH3 is 1. The van der Waals surface area contributed by atoms with Crippen molar-refractivity contribution in [1.82, 2.24) is 4.98 Å². The normalized spacial score (nSPS) is 17.6. The number of nitrogens with zero attached hydrogens (tertiary/aromatic N) is 1. The van der Waals surface area contributed by atoms with Crippen molar-refractivity contribution in [2.45, 2.75) is 18.3 Å². The maximum absolute atomic E-state index is 10.9. The highest BCUT2D eigenvalue weighted by molar-refractivity contribution is 6.29. The maximum Gasteiger partial charge on any atom is 0.218 e. The van der Waals surface area contributed by atoms with Crippen molar-refractivity contribution in [3.8, 4) is 5.88 Å². The fraction of sp³-hybridized carbons (Fsp3) is 0.400. The number of aldehydes is 1. The lowest BCUT2D eigenvalue weighted by atomic mass is 9.99. The highest BCUT2D eigenvalue weighted by Gasteiger charge is 2.46. The third-order valence-electron chi connectivity index (χ3n) is 2.57. The van der Waals surface area contributed by atoms with Crippen LogP contribution in [0.15, 0.2) is 12.1 Å². The second-order valence-corrected chi connectivity index (χ2v) is 3.85. The summed E-state index contributed by atoms with van der Waals surface area (Å²) in [6, 6.07) is 3.50. The molecule has 74 valence electrons. The predicted molar refractivity (Wildman–Crippen MR) is 52.8 cm³/mol. The molecule has 0 saturated heterocycles. The minimum atomic E-state index is -0.358. The van der Waals surface area contributed by atoms with Gasteiger partial charge in [-0.15, -0.1) is 0 Å². The van der Waals surface area contributed by atoms with E-state index in [9.17, 15) is 4.79 Å². The van der Waals surface area contributed by atoms with Gasteiger partial charge in [-0.3, -0.25) is 0 Å². The van der Waals surface area contributed by atoms with E-state index in [1.54, 1.807) is 6.07 Å². The molecular formula is C10H10ClNO2. The van der Waals surface area contributed by atoms with Gasteiger partial charge < -0.3 is 9.53 Å². The van der Waals surface area contributed by atoms with E-state index in [4.69, 9.17) is 16.3 Å². The number of hydrogen-bond donors (Lipinski definition) is 0. The van der Waals surface area contributed by atoms with Gasteiger partial charge in [-0.2, -0.15) is 0 Å². The second kappa shape index (κ2) is 3.24. The van der Waals surface area contributed by atoms with E-state index in [0.717, 1.165) is 24.7 Å². The van der Waals surface area contributed by atoms with Crippen molar-refractivity contribution in [1.29, 1.82) is 0 Å².